The second-order valence-electron chi connectivity index (χ2n) is 10.5. The Morgan fingerprint density at radius 3 is 1.98 bits per heavy atom. The molecule has 2 aromatic rings. The van der Waals surface area contributed by atoms with Crippen LogP contribution < -0.4 is 10.2 Å². The lowest BCUT2D eigenvalue weighted by molar-refractivity contribution is -0.124. The van der Waals surface area contributed by atoms with Crippen molar-refractivity contribution in [1.82, 2.24) is 14.7 Å². The van der Waals surface area contributed by atoms with Gasteiger partial charge in [0.2, 0.25) is 5.91 Å². The molecule has 2 fully saturated rings. The van der Waals surface area contributed by atoms with E-state index >= 15 is 0 Å². The maximum absolute atomic E-state index is 13.8. The monoisotopic (exact) mass is 609 g/mol. The lowest BCUT2D eigenvalue weighted by Crippen LogP contribution is -2.45. The first-order valence-corrected chi connectivity index (χ1v) is 15.0. The maximum Gasteiger partial charge on any atom is 0.338 e. The summed E-state index contributed by atoms with van der Waals surface area (Å²) in [4.78, 5) is 59.0. The molecule has 12 heteroatoms. The lowest BCUT2D eigenvalue weighted by Gasteiger charge is -2.33. The van der Waals surface area contributed by atoms with Crippen molar-refractivity contribution in [1.29, 1.82) is 0 Å². The van der Waals surface area contributed by atoms with Gasteiger partial charge >= 0.3 is 11.9 Å². The number of nitrogens with one attached hydrogen (secondary N) is 1. The van der Waals surface area contributed by atoms with E-state index in [0.717, 1.165) is 39.1 Å². The number of nitrogens with zero attached hydrogens (tertiary/aromatic N) is 4. The number of rotatable bonds is 12. The summed E-state index contributed by atoms with van der Waals surface area (Å²) in [6.07, 6.45) is 0.671. The van der Waals surface area contributed by atoms with Crippen molar-refractivity contribution in [2.75, 3.05) is 69.7 Å². The van der Waals surface area contributed by atoms with Crippen LogP contribution in [-0.2, 0) is 19.1 Å². The average molecular weight is 610 g/mol. The fraction of sp³-hybridized carbons (Fsp3) is 0.452. The molecule has 2 saturated heterocycles. The second-order valence-corrected chi connectivity index (χ2v) is 10.8. The van der Waals surface area contributed by atoms with Crippen LogP contribution >= 0.6 is 12.2 Å². The highest BCUT2D eigenvalue weighted by Crippen LogP contribution is 2.28. The van der Waals surface area contributed by atoms with E-state index in [-0.39, 0.29) is 31.4 Å². The minimum Gasteiger partial charge on any atom is -0.462 e. The van der Waals surface area contributed by atoms with Crippen molar-refractivity contribution in [2.45, 2.75) is 32.7 Å². The number of thiocarbonyl (C=S) groups is 1. The molecule has 0 radical (unpaired) electrons. The highest BCUT2D eigenvalue weighted by atomic mass is 32.1. The predicted molar refractivity (Wildman–Crippen MR) is 167 cm³/mol. The van der Waals surface area contributed by atoms with Gasteiger partial charge < -0.3 is 29.5 Å². The van der Waals surface area contributed by atoms with Crippen molar-refractivity contribution >= 4 is 52.5 Å². The number of hydrogen-bond acceptors (Lipinski definition) is 9. The lowest BCUT2D eigenvalue weighted by atomic mass is 10.1. The van der Waals surface area contributed by atoms with E-state index in [0.29, 0.717) is 34.2 Å². The molecular formula is C31H39N5O6S. The Kier molecular flexibility index (Phi) is 11.2. The molecule has 0 saturated carbocycles. The molecule has 0 bridgehead atoms. The van der Waals surface area contributed by atoms with Crippen molar-refractivity contribution in [2.24, 2.45) is 0 Å². The van der Waals surface area contributed by atoms with Gasteiger partial charge in [0, 0.05) is 38.4 Å². The Morgan fingerprint density at radius 2 is 1.42 bits per heavy atom. The number of anilines is 2. The van der Waals surface area contributed by atoms with E-state index < -0.39 is 18.0 Å². The van der Waals surface area contributed by atoms with Crippen LogP contribution in [0, 0.1) is 0 Å². The number of amides is 2. The molecule has 230 valence electrons. The van der Waals surface area contributed by atoms with Crippen LogP contribution in [0.1, 0.15) is 47.4 Å². The molecule has 0 aromatic heterocycles. The van der Waals surface area contributed by atoms with Crippen LogP contribution in [0.2, 0.25) is 0 Å². The number of likely N-dealkylation sites (N-methyl/N-ethyl adjacent to an activating group) is 1. The average Bonchev–Trinajstić information content (AvgIpc) is 3.22. The van der Waals surface area contributed by atoms with Gasteiger partial charge in [0.1, 0.15) is 6.04 Å². The fourth-order valence-electron chi connectivity index (χ4n) is 5.11. The van der Waals surface area contributed by atoms with Crippen molar-refractivity contribution in [3.05, 3.63) is 59.7 Å². The summed E-state index contributed by atoms with van der Waals surface area (Å²) in [6.45, 7) is 9.38. The molecule has 43 heavy (non-hydrogen) atoms. The smallest absolute Gasteiger partial charge is 0.338 e. The van der Waals surface area contributed by atoms with Gasteiger partial charge in [-0.25, -0.2) is 9.59 Å². The van der Waals surface area contributed by atoms with Crippen LogP contribution in [0.4, 0.5) is 11.4 Å². The number of hydrogen-bond donors (Lipinski definition) is 1. The molecular weight excluding hydrogens is 570 g/mol. The molecule has 0 spiro atoms. The highest BCUT2D eigenvalue weighted by molar-refractivity contribution is 7.80. The number of piperazine rings is 1. The normalized spacial score (nSPS) is 17.7. The molecule has 0 aliphatic carbocycles. The van der Waals surface area contributed by atoms with Gasteiger partial charge in [-0.3, -0.25) is 14.5 Å². The summed E-state index contributed by atoms with van der Waals surface area (Å²) in [7, 11) is 2.11. The Hall–Kier alpha value is -3.87. The van der Waals surface area contributed by atoms with E-state index in [1.165, 1.54) is 4.90 Å². The quantitative estimate of drug-likeness (QED) is 0.285. The molecule has 1 atom stereocenters. The summed E-state index contributed by atoms with van der Waals surface area (Å²) >= 11 is 5.80. The largest absolute Gasteiger partial charge is 0.462 e. The van der Waals surface area contributed by atoms with E-state index in [1.54, 1.807) is 62.4 Å². The first-order valence-electron chi connectivity index (χ1n) is 14.6. The van der Waals surface area contributed by atoms with Crippen LogP contribution in [0.3, 0.4) is 0 Å². The number of carbonyl (C=O) groups excluding carboxylic acids is 4. The third-order valence-corrected chi connectivity index (χ3v) is 7.90. The van der Waals surface area contributed by atoms with E-state index in [9.17, 15) is 19.2 Å². The molecule has 2 aliphatic rings. The van der Waals surface area contributed by atoms with Crippen molar-refractivity contribution in [3.8, 4) is 0 Å². The number of benzene rings is 2. The highest BCUT2D eigenvalue weighted by Gasteiger charge is 2.44. The van der Waals surface area contributed by atoms with Gasteiger partial charge in [-0.2, -0.15) is 0 Å². The summed E-state index contributed by atoms with van der Waals surface area (Å²) in [5.41, 5.74) is 1.77. The minimum absolute atomic E-state index is 0.107. The summed E-state index contributed by atoms with van der Waals surface area (Å²) in [5.74, 6) is -1.54. The maximum atomic E-state index is 13.8. The second kappa shape index (κ2) is 15.0. The van der Waals surface area contributed by atoms with Crippen LogP contribution in [0.25, 0.3) is 0 Å². The van der Waals surface area contributed by atoms with Crippen LogP contribution in [0.5, 0.6) is 0 Å². The Morgan fingerprint density at radius 1 is 0.860 bits per heavy atom. The number of carbonyl (C=O) groups is 4. The van der Waals surface area contributed by atoms with Gasteiger partial charge in [-0.1, -0.05) is 0 Å². The minimum atomic E-state index is -0.788. The zero-order valence-corrected chi connectivity index (χ0v) is 25.7. The molecule has 2 heterocycles. The molecule has 2 aromatic carbocycles. The van der Waals surface area contributed by atoms with Crippen LogP contribution in [0.15, 0.2) is 48.5 Å². The molecule has 2 aliphatic heterocycles. The van der Waals surface area contributed by atoms with Gasteiger partial charge in [0.15, 0.2) is 5.11 Å². The standard InChI is InChI=1S/C31H39N5O6S/c1-4-41-29(39)22-7-11-24(12-8-22)32-27(37)21-26-28(38)36(25-13-9-23(10-14-25)30(40)42-5-2)31(43)35(26)16-6-15-34-19-17-33(3)18-20-34/h7-14,26H,4-6,15-21H2,1-3H3,(H,32,37)/t26-/m1/s1. The third kappa shape index (κ3) is 8.15. The van der Waals surface area contributed by atoms with Crippen molar-refractivity contribution in [3.63, 3.8) is 0 Å². The van der Waals surface area contributed by atoms with E-state index in [4.69, 9.17) is 21.7 Å². The van der Waals surface area contributed by atoms with E-state index in [1.807, 2.05) is 4.90 Å². The van der Waals surface area contributed by atoms with Gasteiger partial charge in [-0.05, 0) is 94.6 Å². The summed E-state index contributed by atoms with van der Waals surface area (Å²) < 4.78 is 10.1. The summed E-state index contributed by atoms with van der Waals surface area (Å²) in [5, 5.41) is 3.15. The summed E-state index contributed by atoms with van der Waals surface area (Å²) in [6, 6.07) is 12.1. The SMILES string of the molecule is CCOC(=O)c1ccc(NC(=O)C[C@@H]2C(=O)N(c3ccc(C(=O)OCC)cc3)C(=S)N2CCCN2CCN(C)CC2)cc1. The number of esters is 2. The molecule has 2 amide bonds. The van der Waals surface area contributed by atoms with Crippen molar-refractivity contribution < 1.29 is 28.7 Å². The Labute approximate surface area is 257 Å². The first-order chi connectivity index (χ1) is 20.7. The Balaban J connectivity index is 1.47. The molecule has 11 nitrogen and oxygen atoms in total. The van der Waals surface area contributed by atoms with Gasteiger partial charge in [-0.15, -0.1) is 0 Å². The molecule has 4 rings (SSSR count). The van der Waals surface area contributed by atoms with Crippen LogP contribution in [-0.4, -0.2) is 109 Å². The topological polar surface area (TPSA) is 112 Å². The Bertz CT molecular complexity index is 1310. The fourth-order valence-corrected chi connectivity index (χ4v) is 5.53. The molecule has 1 N–H and O–H groups in total. The number of ether oxygens (including phenoxy) is 2. The predicted octanol–water partition coefficient (Wildman–Crippen LogP) is 3.01. The zero-order valence-electron chi connectivity index (χ0n) is 24.9. The molecule has 0 unspecified atom stereocenters. The van der Waals surface area contributed by atoms with Gasteiger partial charge in [0.05, 0.1) is 36.4 Å². The first kappa shape index (κ1) is 32.1. The van der Waals surface area contributed by atoms with Gasteiger partial charge in [0.25, 0.3) is 5.91 Å². The van der Waals surface area contributed by atoms with E-state index in [2.05, 4.69) is 22.2 Å². The zero-order chi connectivity index (χ0) is 30.9. The third-order valence-electron chi connectivity index (χ3n) is 7.48.